The number of carbonyl (C=O) groups is 1. The van der Waals surface area contributed by atoms with Crippen molar-refractivity contribution in [3.05, 3.63) is 24.5 Å². The molecule has 0 aliphatic rings. The molecule has 0 aromatic carbocycles. The van der Waals surface area contributed by atoms with Crippen LogP contribution in [0.5, 0.6) is 0 Å². The number of amides is 1. The Morgan fingerprint density at radius 2 is 2.67 bits per heavy atom. The SMILES string of the molecule is C=CCCNC(=O)c1cnsn1. The van der Waals surface area contributed by atoms with Crippen molar-refractivity contribution in [3.63, 3.8) is 0 Å². The summed E-state index contributed by atoms with van der Waals surface area (Å²) < 4.78 is 7.51. The van der Waals surface area contributed by atoms with Crippen molar-refractivity contribution in [1.29, 1.82) is 0 Å². The van der Waals surface area contributed by atoms with Crippen molar-refractivity contribution in [2.24, 2.45) is 0 Å². The molecule has 1 rings (SSSR count). The predicted molar refractivity (Wildman–Crippen MR) is 47.1 cm³/mol. The van der Waals surface area contributed by atoms with E-state index in [4.69, 9.17) is 0 Å². The number of nitrogens with zero attached hydrogens (tertiary/aromatic N) is 2. The summed E-state index contributed by atoms with van der Waals surface area (Å²) in [5.74, 6) is -0.175. The molecule has 0 aliphatic heterocycles. The second-order valence-electron chi connectivity index (χ2n) is 2.13. The van der Waals surface area contributed by atoms with Gasteiger partial charge in [-0.15, -0.1) is 6.58 Å². The highest BCUT2D eigenvalue weighted by atomic mass is 32.1. The van der Waals surface area contributed by atoms with Crippen molar-refractivity contribution < 1.29 is 4.79 Å². The molecular weight excluding hydrogens is 174 g/mol. The van der Waals surface area contributed by atoms with Crippen LogP contribution in [0.2, 0.25) is 0 Å². The molecule has 1 aromatic heterocycles. The van der Waals surface area contributed by atoms with E-state index in [0.717, 1.165) is 18.1 Å². The Hall–Kier alpha value is -1.23. The van der Waals surface area contributed by atoms with Gasteiger partial charge in [0, 0.05) is 6.54 Å². The largest absolute Gasteiger partial charge is 0.350 e. The molecule has 1 N–H and O–H groups in total. The first kappa shape index (κ1) is 8.86. The van der Waals surface area contributed by atoms with Crippen molar-refractivity contribution in [3.8, 4) is 0 Å². The highest BCUT2D eigenvalue weighted by molar-refractivity contribution is 6.99. The van der Waals surface area contributed by atoms with Gasteiger partial charge in [0.1, 0.15) is 0 Å². The Kier molecular flexibility index (Phi) is 3.40. The number of nitrogens with one attached hydrogen (secondary N) is 1. The molecule has 0 atom stereocenters. The smallest absolute Gasteiger partial charge is 0.272 e. The molecule has 0 saturated carbocycles. The van der Waals surface area contributed by atoms with Crippen molar-refractivity contribution in [2.45, 2.75) is 6.42 Å². The Morgan fingerprint density at radius 1 is 1.83 bits per heavy atom. The third kappa shape index (κ3) is 2.43. The van der Waals surface area contributed by atoms with Gasteiger partial charge in [-0.05, 0) is 6.42 Å². The summed E-state index contributed by atoms with van der Waals surface area (Å²) in [6, 6.07) is 0. The molecule has 0 saturated heterocycles. The summed E-state index contributed by atoms with van der Waals surface area (Å²) in [7, 11) is 0. The van der Waals surface area contributed by atoms with Gasteiger partial charge in [0.2, 0.25) is 0 Å². The maximum absolute atomic E-state index is 11.1. The zero-order valence-electron chi connectivity index (χ0n) is 6.49. The molecule has 0 radical (unpaired) electrons. The fraction of sp³-hybridized carbons (Fsp3) is 0.286. The van der Waals surface area contributed by atoms with Crippen molar-refractivity contribution >= 4 is 17.6 Å². The quantitative estimate of drug-likeness (QED) is 0.556. The minimum Gasteiger partial charge on any atom is -0.350 e. The molecule has 5 heteroatoms. The third-order valence-corrected chi connectivity index (χ3v) is 1.71. The van der Waals surface area contributed by atoms with Crippen LogP contribution in [0.4, 0.5) is 0 Å². The Bertz CT molecular complexity index is 258. The van der Waals surface area contributed by atoms with Crippen LogP contribution in [0.3, 0.4) is 0 Å². The van der Waals surface area contributed by atoms with Gasteiger partial charge in [0.25, 0.3) is 5.91 Å². The number of rotatable bonds is 4. The number of hydrogen-bond donors (Lipinski definition) is 1. The predicted octanol–water partition coefficient (Wildman–Crippen LogP) is 0.844. The van der Waals surface area contributed by atoms with E-state index in [1.165, 1.54) is 6.20 Å². The Morgan fingerprint density at radius 3 is 3.25 bits per heavy atom. The molecule has 1 amide bonds. The molecular formula is C7H9N3OS. The summed E-state index contributed by atoms with van der Waals surface area (Å²) in [6.07, 6.45) is 3.97. The monoisotopic (exact) mass is 183 g/mol. The minimum atomic E-state index is -0.175. The lowest BCUT2D eigenvalue weighted by Gasteiger charge is -1.97. The maximum Gasteiger partial charge on any atom is 0.272 e. The van der Waals surface area contributed by atoms with E-state index in [1.54, 1.807) is 6.08 Å². The molecule has 0 unspecified atom stereocenters. The van der Waals surface area contributed by atoms with Gasteiger partial charge in [0.05, 0.1) is 17.9 Å². The number of aromatic nitrogens is 2. The first-order valence-corrected chi connectivity index (χ1v) is 4.24. The highest BCUT2D eigenvalue weighted by Crippen LogP contribution is 1.94. The topological polar surface area (TPSA) is 54.9 Å². The summed E-state index contributed by atoms with van der Waals surface area (Å²) in [5, 5.41) is 2.68. The molecule has 4 nitrogen and oxygen atoms in total. The van der Waals surface area contributed by atoms with Gasteiger partial charge in [0.15, 0.2) is 5.69 Å². The van der Waals surface area contributed by atoms with Crippen LogP contribution < -0.4 is 5.32 Å². The Labute approximate surface area is 74.6 Å². The normalized spacial score (nSPS) is 9.33. The van der Waals surface area contributed by atoms with Gasteiger partial charge in [-0.25, -0.2) is 0 Å². The molecule has 64 valence electrons. The zero-order chi connectivity index (χ0) is 8.81. The number of hydrogen-bond acceptors (Lipinski definition) is 4. The van der Waals surface area contributed by atoms with E-state index in [-0.39, 0.29) is 5.91 Å². The molecule has 0 spiro atoms. The lowest BCUT2D eigenvalue weighted by molar-refractivity contribution is 0.0950. The van der Waals surface area contributed by atoms with E-state index < -0.39 is 0 Å². The van der Waals surface area contributed by atoms with Crippen molar-refractivity contribution in [1.82, 2.24) is 14.1 Å². The van der Waals surface area contributed by atoms with Crippen molar-refractivity contribution in [2.75, 3.05) is 6.54 Å². The molecule has 0 bridgehead atoms. The zero-order valence-corrected chi connectivity index (χ0v) is 7.30. The molecule has 1 heterocycles. The van der Waals surface area contributed by atoms with E-state index in [9.17, 15) is 4.79 Å². The average Bonchev–Trinajstić information content (AvgIpc) is 2.56. The van der Waals surface area contributed by atoms with E-state index in [0.29, 0.717) is 12.2 Å². The fourth-order valence-electron chi connectivity index (χ4n) is 0.643. The van der Waals surface area contributed by atoms with Crippen LogP contribution in [0.15, 0.2) is 18.9 Å². The van der Waals surface area contributed by atoms with Crippen LogP contribution in [-0.4, -0.2) is 21.2 Å². The van der Waals surface area contributed by atoms with Gasteiger partial charge >= 0.3 is 0 Å². The summed E-state index contributed by atoms with van der Waals surface area (Å²) in [6.45, 7) is 4.14. The van der Waals surface area contributed by atoms with E-state index in [1.807, 2.05) is 0 Å². The van der Waals surface area contributed by atoms with Crippen LogP contribution >= 0.6 is 11.7 Å². The number of carbonyl (C=O) groups excluding carboxylic acids is 1. The van der Waals surface area contributed by atoms with E-state index >= 15 is 0 Å². The first-order valence-electron chi connectivity index (χ1n) is 3.51. The average molecular weight is 183 g/mol. The minimum absolute atomic E-state index is 0.175. The second kappa shape index (κ2) is 4.61. The summed E-state index contributed by atoms with van der Waals surface area (Å²) in [4.78, 5) is 11.1. The first-order chi connectivity index (χ1) is 5.84. The van der Waals surface area contributed by atoms with Gasteiger partial charge in [-0.2, -0.15) is 8.75 Å². The summed E-state index contributed by atoms with van der Waals surface area (Å²) in [5.41, 5.74) is 0.379. The van der Waals surface area contributed by atoms with Gasteiger partial charge < -0.3 is 5.32 Å². The lowest BCUT2D eigenvalue weighted by Crippen LogP contribution is -2.24. The van der Waals surface area contributed by atoms with Crippen LogP contribution in [0.25, 0.3) is 0 Å². The highest BCUT2D eigenvalue weighted by Gasteiger charge is 2.05. The molecule has 1 aromatic rings. The standard InChI is InChI=1S/C7H9N3OS/c1-2-3-4-8-7(11)6-5-9-12-10-6/h2,5H,1,3-4H2,(H,8,11). The fourth-order valence-corrected chi connectivity index (χ4v) is 1.06. The third-order valence-electron chi connectivity index (χ3n) is 1.23. The van der Waals surface area contributed by atoms with Crippen LogP contribution in [0.1, 0.15) is 16.9 Å². The van der Waals surface area contributed by atoms with Gasteiger partial charge in [-0.3, -0.25) is 4.79 Å². The van der Waals surface area contributed by atoms with Crippen LogP contribution in [-0.2, 0) is 0 Å². The van der Waals surface area contributed by atoms with Crippen LogP contribution in [0, 0.1) is 0 Å². The maximum atomic E-state index is 11.1. The molecule has 0 fully saturated rings. The Balaban J connectivity index is 2.34. The van der Waals surface area contributed by atoms with Gasteiger partial charge in [-0.1, -0.05) is 6.08 Å². The summed E-state index contributed by atoms with van der Waals surface area (Å²) >= 11 is 1.03. The molecule has 12 heavy (non-hydrogen) atoms. The second-order valence-corrected chi connectivity index (χ2v) is 2.68. The lowest BCUT2D eigenvalue weighted by atomic mass is 10.4. The van der Waals surface area contributed by atoms with E-state index in [2.05, 4.69) is 20.6 Å². The molecule has 0 aliphatic carbocycles.